The minimum atomic E-state index is -0.685. The zero-order valence-corrected chi connectivity index (χ0v) is 16.9. The highest BCUT2D eigenvalue weighted by Crippen LogP contribution is 2.27. The molecule has 0 radical (unpaired) electrons. The average molecular weight is 397 g/mol. The van der Waals surface area contributed by atoms with Crippen molar-refractivity contribution in [1.29, 1.82) is 0 Å². The van der Waals surface area contributed by atoms with Crippen LogP contribution in [0.2, 0.25) is 0 Å². The molecule has 0 N–H and O–H groups in total. The van der Waals surface area contributed by atoms with Crippen LogP contribution in [0.15, 0.2) is 24.3 Å². The number of carbonyl (C=O) groups excluding carboxylic acids is 3. The summed E-state index contributed by atoms with van der Waals surface area (Å²) in [6, 6.07) is 5.30. The second-order valence-electron chi connectivity index (χ2n) is 7.73. The first kappa shape index (κ1) is 20.4. The lowest BCUT2D eigenvalue weighted by molar-refractivity contribution is -0.384. The van der Waals surface area contributed by atoms with Crippen LogP contribution in [0, 0.1) is 29.9 Å². The number of Topliss-reactive ketones (excluding diaryl/α,β-unsaturated/α-hetero) is 1. The number of carbonyl (C=O) groups is 3. The molecule has 8 nitrogen and oxygen atoms in total. The molecule has 1 aromatic heterocycles. The first-order valence-corrected chi connectivity index (χ1v) is 9.46. The molecule has 1 aliphatic rings. The molecule has 2 amide bonds. The van der Waals surface area contributed by atoms with Crippen molar-refractivity contribution in [3.05, 3.63) is 62.5 Å². The summed E-state index contributed by atoms with van der Waals surface area (Å²) in [7, 11) is 0. The van der Waals surface area contributed by atoms with E-state index >= 15 is 0 Å². The van der Waals surface area contributed by atoms with Gasteiger partial charge in [-0.15, -0.1) is 0 Å². The van der Waals surface area contributed by atoms with E-state index < -0.39 is 23.3 Å². The highest BCUT2D eigenvalue weighted by molar-refractivity contribution is 6.23. The molecular weight excluding hydrogens is 374 g/mol. The van der Waals surface area contributed by atoms with Gasteiger partial charge in [-0.3, -0.25) is 29.4 Å². The van der Waals surface area contributed by atoms with Crippen LogP contribution in [0.4, 0.5) is 5.69 Å². The topological polar surface area (TPSA) is 103 Å². The zero-order chi connectivity index (χ0) is 21.5. The average Bonchev–Trinajstić information content (AvgIpc) is 3.08. The number of nitrogens with zero attached hydrogens (tertiary/aromatic N) is 3. The second kappa shape index (κ2) is 7.62. The number of imide groups is 1. The van der Waals surface area contributed by atoms with Crippen LogP contribution in [0.1, 0.15) is 62.7 Å². The molecule has 0 aliphatic carbocycles. The number of rotatable bonds is 7. The van der Waals surface area contributed by atoms with Gasteiger partial charge in [0.2, 0.25) is 0 Å². The van der Waals surface area contributed by atoms with E-state index in [0.717, 1.165) is 35.3 Å². The summed E-state index contributed by atoms with van der Waals surface area (Å²) in [6.45, 7) is 8.44. The number of ketones is 1. The molecule has 0 atom stereocenters. The van der Waals surface area contributed by atoms with Crippen molar-refractivity contribution in [3.63, 3.8) is 0 Å². The predicted octanol–water partition coefficient (Wildman–Crippen LogP) is 3.54. The van der Waals surface area contributed by atoms with Crippen LogP contribution >= 0.6 is 0 Å². The predicted molar refractivity (Wildman–Crippen MR) is 106 cm³/mol. The Morgan fingerprint density at radius 3 is 2.38 bits per heavy atom. The Morgan fingerprint density at radius 1 is 1.10 bits per heavy atom. The smallest absolute Gasteiger partial charge is 0.270 e. The van der Waals surface area contributed by atoms with Crippen molar-refractivity contribution in [3.8, 4) is 0 Å². The highest BCUT2D eigenvalue weighted by atomic mass is 16.6. The first-order valence-electron chi connectivity index (χ1n) is 9.46. The third-order valence-electron chi connectivity index (χ3n) is 5.27. The van der Waals surface area contributed by atoms with Gasteiger partial charge in [-0.2, -0.15) is 0 Å². The molecule has 8 heteroatoms. The van der Waals surface area contributed by atoms with Crippen LogP contribution in [0.3, 0.4) is 0 Å². The maximum atomic E-state index is 12.9. The number of amides is 2. The normalized spacial score (nSPS) is 13.3. The quantitative estimate of drug-likeness (QED) is 0.308. The summed E-state index contributed by atoms with van der Waals surface area (Å²) in [5.74, 6) is -1.10. The largest absolute Gasteiger partial charge is 0.348 e. The molecular formula is C21H23N3O5. The summed E-state index contributed by atoms with van der Waals surface area (Å²) < 4.78 is 2.07. The van der Waals surface area contributed by atoms with Crippen molar-refractivity contribution in [1.82, 2.24) is 9.47 Å². The second-order valence-corrected chi connectivity index (χ2v) is 7.73. The lowest BCUT2D eigenvalue weighted by atomic mass is 10.1. The van der Waals surface area contributed by atoms with E-state index in [9.17, 15) is 24.5 Å². The number of non-ortho nitro benzene ring substituents is 1. The molecule has 0 bridgehead atoms. The number of fused-ring (bicyclic) bond motifs is 1. The summed E-state index contributed by atoms with van der Waals surface area (Å²) in [5.41, 5.74) is 2.00. The van der Waals surface area contributed by atoms with Gasteiger partial charge < -0.3 is 4.57 Å². The third kappa shape index (κ3) is 3.70. The zero-order valence-electron chi connectivity index (χ0n) is 16.9. The summed E-state index contributed by atoms with van der Waals surface area (Å²) in [5, 5.41) is 10.9. The SMILES string of the molecule is Cc1cc(C(=O)CN2C(=O)c3ccc([N+](=O)[O-])cc3C2=O)c(C)n1CCC(C)C. The molecule has 0 spiro atoms. The molecule has 2 heterocycles. The Kier molecular flexibility index (Phi) is 5.37. The van der Waals surface area contributed by atoms with Crippen LogP contribution in [0.5, 0.6) is 0 Å². The molecule has 29 heavy (non-hydrogen) atoms. The number of hydrogen-bond donors (Lipinski definition) is 0. The fourth-order valence-electron chi connectivity index (χ4n) is 3.58. The third-order valence-corrected chi connectivity index (χ3v) is 5.27. The summed E-state index contributed by atoms with van der Waals surface area (Å²) in [4.78, 5) is 49.2. The molecule has 0 unspecified atom stereocenters. The van der Waals surface area contributed by atoms with Gasteiger partial charge in [0.05, 0.1) is 22.6 Å². The van der Waals surface area contributed by atoms with E-state index in [4.69, 9.17) is 0 Å². The van der Waals surface area contributed by atoms with Gasteiger partial charge in [-0.1, -0.05) is 13.8 Å². The molecule has 1 aliphatic heterocycles. The molecule has 152 valence electrons. The Morgan fingerprint density at radius 2 is 1.76 bits per heavy atom. The molecule has 0 fully saturated rings. The van der Waals surface area contributed by atoms with E-state index in [1.54, 1.807) is 6.07 Å². The van der Waals surface area contributed by atoms with E-state index in [-0.39, 0.29) is 22.6 Å². The Balaban J connectivity index is 1.83. The monoisotopic (exact) mass is 397 g/mol. The minimum absolute atomic E-state index is 0.0422. The maximum absolute atomic E-state index is 12.9. The molecule has 0 saturated heterocycles. The van der Waals surface area contributed by atoms with Crippen LogP contribution < -0.4 is 0 Å². The number of aryl methyl sites for hydroxylation is 1. The van der Waals surface area contributed by atoms with Crippen molar-refractivity contribution in [2.75, 3.05) is 6.54 Å². The number of benzene rings is 1. The fourth-order valence-corrected chi connectivity index (χ4v) is 3.58. The number of nitro groups is 1. The van der Waals surface area contributed by atoms with Gasteiger partial charge in [0.25, 0.3) is 17.5 Å². The maximum Gasteiger partial charge on any atom is 0.270 e. The molecule has 2 aromatic rings. The van der Waals surface area contributed by atoms with Crippen molar-refractivity contribution < 1.29 is 19.3 Å². The van der Waals surface area contributed by atoms with Gasteiger partial charge in [-0.05, 0) is 38.3 Å². The van der Waals surface area contributed by atoms with Gasteiger partial charge in [0.15, 0.2) is 5.78 Å². The van der Waals surface area contributed by atoms with Gasteiger partial charge in [0.1, 0.15) is 0 Å². The van der Waals surface area contributed by atoms with E-state index in [1.165, 1.54) is 12.1 Å². The summed E-state index contributed by atoms with van der Waals surface area (Å²) in [6.07, 6.45) is 0.973. The minimum Gasteiger partial charge on any atom is -0.348 e. The van der Waals surface area contributed by atoms with Crippen molar-refractivity contribution >= 4 is 23.3 Å². The van der Waals surface area contributed by atoms with Crippen molar-refractivity contribution in [2.45, 2.75) is 40.7 Å². The van der Waals surface area contributed by atoms with Crippen molar-refractivity contribution in [2.24, 2.45) is 5.92 Å². The van der Waals surface area contributed by atoms with Gasteiger partial charge in [0, 0.05) is 35.6 Å². The Bertz CT molecular complexity index is 1040. The van der Waals surface area contributed by atoms with E-state index in [1.807, 2.05) is 13.8 Å². The molecule has 1 aromatic carbocycles. The van der Waals surface area contributed by atoms with Crippen LogP contribution in [-0.2, 0) is 6.54 Å². The standard InChI is InChI=1S/C21H23N3O5/c1-12(2)7-8-22-13(3)9-17(14(22)4)19(25)11-23-20(26)16-6-5-15(24(28)29)10-18(16)21(23)27/h5-6,9-10,12H,7-8,11H2,1-4H3. The van der Waals surface area contributed by atoms with Crippen LogP contribution in [0.25, 0.3) is 0 Å². The van der Waals surface area contributed by atoms with Gasteiger partial charge in [-0.25, -0.2) is 0 Å². The molecule has 0 saturated carbocycles. The lowest BCUT2D eigenvalue weighted by Gasteiger charge is -2.14. The van der Waals surface area contributed by atoms with E-state index in [2.05, 4.69) is 18.4 Å². The van der Waals surface area contributed by atoms with Gasteiger partial charge >= 0.3 is 0 Å². The van der Waals surface area contributed by atoms with Crippen LogP contribution in [-0.4, -0.2) is 38.5 Å². The number of nitro benzene ring substituents is 1. The Hall–Kier alpha value is -3.29. The fraction of sp³-hybridized carbons (Fsp3) is 0.381. The lowest BCUT2D eigenvalue weighted by Crippen LogP contribution is -2.35. The van der Waals surface area contributed by atoms with E-state index in [0.29, 0.717) is 11.5 Å². The first-order chi connectivity index (χ1) is 13.6. The number of aromatic nitrogens is 1. The summed E-state index contributed by atoms with van der Waals surface area (Å²) >= 11 is 0. The highest BCUT2D eigenvalue weighted by Gasteiger charge is 2.38. The Labute approximate surface area is 168 Å². The number of hydrogen-bond acceptors (Lipinski definition) is 5. The molecule has 3 rings (SSSR count).